The van der Waals surface area contributed by atoms with Gasteiger partial charge in [-0.15, -0.1) is 0 Å². The van der Waals surface area contributed by atoms with Crippen molar-refractivity contribution in [1.82, 2.24) is 0 Å². The van der Waals surface area contributed by atoms with E-state index in [0.29, 0.717) is 18.0 Å². The first-order valence-electron chi connectivity index (χ1n) is 6.49. The van der Waals surface area contributed by atoms with E-state index in [2.05, 4.69) is 74.9 Å². The fraction of sp³-hybridized carbons (Fsp3) is 0.438. The van der Waals surface area contributed by atoms with Crippen LogP contribution in [0.4, 0.5) is 0 Å². The molecule has 0 saturated heterocycles. The van der Waals surface area contributed by atoms with Crippen LogP contribution in [0.3, 0.4) is 0 Å². The van der Waals surface area contributed by atoms with Gasteiger partial charge in [-0.25, -0.2) is 4.58 Å². The number of nitrogens with zero attached hydrogens (tertiary/aromatic N) is 1. The Hall–Kier alpha value is -1.37. The number of hydrogen-bond donors (Lipinski definition) is 0. The maximum absolute atomic E-state index is 2.42. The molecule has 0 aliphatic carbocycles. The van der Waals surface area contributed by atoms with E-state index in [0.717, 1.165) is 0 Å². The third kappa shape index (κ3) is 2.33. The third-order valence-corrected chi connectivity index (χ3v) is 3.41. The van der Waals surface area contributed by atoms with Crippen molar-refractivity contribution in [3.63, 3.8) is 0 Å². The molecule has 90 valence electrons. The predicted octanol–water partition coefficient (Wildman–Crippen LogP) is 3.91. The van der Waals surface area contributed by atoms with Crippen LogP contribution in [0.25, 0.3) is 0 Å². The van der Waals surface area contributed by atoms with Gasteiger partial charge in [-0.1, -0.05) is 38.1 Å². The molecule has 1 aliphatic heterocycles. The Bertz CT molecular complexity index is 452. The van der Waals surface area contributed by atoms with Crippen molar-refractivity contribution in [2.24, 2.45) is 0 Å². The molecule has 1 aromatic rings. The van der Waals surface area contributed by atoms with Gasteiger partial charge in [0, 0.05) is 11.6 Å². The summed E-state index contributed by atoms with van der Waals surface area (Å²) in [7, 11) is 0. The highest BCUT2D eigenvalue weighted by Gasteiger charge is 2.28. The molecule has 0 N–H and O–H groups in total. The summed E-state index contributed by atoms with van der Waals surface area (Å²) in [6.07, 6.45) is 6.66. The minimum absolute atomic E-state index is 0.411. The van der Waals surface area contributed by atoms with Gasteiger partial charge in [0.2, 0.25) is 0 Å². The molecule has 1 heteroatoms. The van der Waals surface area contributed by atoms with E-state index in [1.165, 1.54) is 11.1 Å². The smallest absolute Gasteiger partial charge is 0.197 e. The van der Waals surface area contributed by atoms with Crippen LogP contribution in [0.2, 0.25) is 0 Å². The molecule has 1 atom stereocenters. The molecular weight excluding hydrogens is 206 g/mol. The molecule has 17 heavy (non-hydrogen) atoms. The van der Waals surface area contributed by atoms with Crippen LogP contribution in [0, 0.1) is 0 Å². The molecule has 0 spiro atoms. The van der Waals surface area contributed by atoms with Crippen molar-refractivity contribution in [3.8, 4) is 0 Å². The van der Waals surface area contributed by atoms with E-state index in [1.54, 1.807) is 0 Å². The second-order valence-electron chi connectivity index (χ2n) is 5.30. The van der Waals surface area contributed by atoms with Crippen LogP contribution in [0.15, 0.2) is 36.4 Å². The first-order chi connectivity index (χ1) is 8.11. The Morgan fingerprint density at radius 1 is 1.06 bits per heavy atom. The molecule has 0 fully saturated rings. The van der Waals surface area contributed by atoms with E-state index in [9.17, 15) is 0 Å². The fourth-order valence-corrected chi connectivity index (χ4v) is 2.51. The molecule has 0 radical (unpaired) electrons. The van der Waals surface area contributed by atoms with Crippen LogP contribution >= 0.6 is 0 Å². The van der Waals surface area contributed by atoms with Gasteiger partial charge < -0.3 is 0 Å². The highest BCUT2D eigenvalue weighted by molar-refractivity contribution is 5.68. The van der Waals surface area contributed by atoms with Crippen LogP contribution in [0.1, 0.15) is 50.8 Å². The van der Waals surface area contributed by atoms with Crippen LogP contribution in [0.5, 0.6) is 0 Å². The zero-order valence-corrected chi connectivity index (χ0v) is 11.2. The van der Waals surface area contributed by atoms with Crippen molar-refractivity contribution >= 4 is 6.21 Å². The largest absolute Gasteiger partial charge is 0.223 e. The Labute approximate surface area is 104 Å². The Morgan fingerprint density at radius 2 is 1.76 bits per heavy atom. The second kappa shape index (κ2) is 4.87. The highest BCUT2D eigenvalue weighted by atomic mass is 15.1. The lowest BCUT2D eigenvalue weighted by Crippen LogP contribution is -2.23. The van der Waals surface area contributed by atoms with Gasteiger partial charge in [0.15, 0.2) is 12.3 Å². The molecule has 0 bridgehead atoms. The van der Waals surface area contributed by atoms with Gasteiger partial charge in [0.25, 0.3) is 0 Å². The lowest BCUT2D eigenvalue weighted by Gasteiger charge is -2.18. The first-order valence-corrected chi connectivity index (χ1v) is 6.49. The van der Waals surface area contributed by atoms with E-state index >= 15 is 0 Å². The van der Waals surface area contributed by atoms with Crippen molar-refractivity contribution < 1.29 is 4.58 Å². The standard InChI is InChI=1S/C16H22N/c1-12(2)14-8-5-6-9-15(14)16-10-7-11-17(16)13(3)4/h5-13,16H,1-4H3/q+1. The quantitative estimate of drug-likeness (QED) is 0.690. The normalized spacial score (nSPS) is 19.2. The summed E-state index contributed by atoms with van der Waals surface area (Å²) in [6, 6.07) is 9.75. The SMILES string of the molecule is CC(C)c1ccccc1C1C=CC=[N+]1C(C)C. The van der Waals surface area contributed by atoms with Crippen molar-refractivity contribution in [2.45, 2.75) is 45.7 Å². The highest BCUT2D eigenvalue weighted by Crippen LogP contribution is 2.30. The van der Waals surface area contributed by atoms with Gasteiger partial charge in [-0.05, 0) is 31.4 Å². The second-order valence-corrected chi connectivity index (χ2v) is 5.30. The van der Waals surface area contributed by atoms with Crippen LogP contribution in [-0.4, -0.2) is 16.8 Å². The first kappa shape index (κ1) is 12.1. The zero-order valence-electron chi connectivity index (χ0n) is 11.2. The number of benzene rings is 1. The number of allylic oxidation sites excluding steroid dienone is 1. The molecule has 2 rings (SSSR count). The summed E-state index contributed by atoms with van der Waals surface area (Å²) >= 11 is 0. The van der Waals surface area contributed by atoms with Gasteiger partial charge in [0.05, 0.1) is 0 Å². The topological polar surface area (TPSA) is 3.01 Å². The lowest BCUT2D eigenvalue weighted by molar-refractivity contribution is -0.582. The summed E-state index contributed by atoms with van der Waals surface area (Å²) in [5, 5.41) is 0. The predicted molar refractivity (Wildman–Crippen MR) is 73.9 cm³/mol. The minimum atomic E-state index is 0.411. The summed E-state index contributed by atoms with van der Waals surface area (Å²) in [5.41, 5.74) is 2.91. The average Bonchev–Trinajstić information content (AvgIpc) is 2.77. The maximum Gasteiger partial charge on any atom is 0.197 e. The lowest BCUT2D eigenvalue weighted by atomic mass is 9.92. The van der Waals surface area contributed by atoms with Gasteiger partial charge in [-0.2, -0.15) is 0 Å². The molecular formula is C16H22N+. The van der Waals surface area contributed by atoms with Gasteiger partial charge in [0.1, 0.15) is 6.04 Å². The van der Waals surface area contributed by atoms with Crippen LogP contribution in [-0.2, 0) is 0 Å². The zero-order chi connectivity index (χ0) is 12.4. The summed E-state index contributed by atoms with van der Waals surface area (Å²) < 4.78 is 2.42. The van der Waals surface area contributed by atoms with Crippen molar-refractivity contribution in [2.75, 3.05) is 0 Å². The Kier molecular flexibility index (Phi) is 3.46. The molecule has 1 nitrogen and oxygen atoms in total. The van der Waals surface area contributed by atoms with E-state index in [4.69, 9.17) is 0 Å². The monoisotopic (exact) mass is 228 g/mol. The molecule has 0 saturated carbocycles. The van der Waals surface area contributed by atoms with Crippen molar-refractivity contribution in [1.29, 1.82) is 0 Å². The average molecular weight is 228 g/mol. The van der Waals surface area contributed by atoms with Crippen molar-refractivity contribution in [3.05, 3.63) is 47.5 Å². The number of rotatable bonds is 3. The van der Waals surface area contributed by atoms with E-state index < -0.39 is 0 Å². The summed E-state index contributed by atoms with van der Waals surface area (Å²) in [4.78, 5) is 0. The molecule has 0 aromatic heterocycles. The van der Waals surface area contributed by atoms with E-state index in [1.807, 2.05) is 0 Å². The van der Waals surface area contributed by atoms with Crippen LogP contribution < -0.4 is 0 Å². The molecule has 1 heterocycles. The Morgan fingerprint density at radius 3 is 2.41 bits per heavy atom. The molecule has 0 amide bonds. The molecule has 1 aromatic carbocycles. The van der Waals surface area contributed by atoms with Gasteiger partial charge >= 0.3 is 0 Å². The fourth-order valence-electron chi connectivity index (χ4n) is 2.51. The maximum atomic E-state index is 2.42. The third-order valence-electron chi connectivity index (χ3n) is 3.41. The Balaban J connectivity index is 2.41. The molecule has 1 unspecified atom stereocenters. The van der Waals surface area contributed by atoms with E-state index in [-0.39, 0.29) is 0 Å². The van der Waals surface area contributed by atoms with Gasteiger partial charge in [-0.3, -0.25) is 0 Å². The minimum Gasteiger partial charge on any atom is -0.223 e. The summed E-state index contributed by atoms with van der Waals surface area (Å²) in [6.45, 7) is 9.02. The number of hydrogen-bond acceptors (Lipinski definition) is 0. The summed E-state index contributed by atoms with van der Waals surface area (Å²) in [5.74, 6) is 0.578. The molecule has 1 aliphatic rings.